The Morgan fingerprint density at radius 1 is 1.03 bits per heavy atom. The van der Waals surface area contributed by atoms with Crippen molar-refractivity contribution in [3.05, 3.63) is 83.8 Å². The quantitative estimate of drug-likeness (QED) is 0.373. The summed E-state index contributed by atoms with van der Waals surface area (Å²) >= 11 is 0. The van der Waals surface area contributed by atoms with Crippen molar-refractivity contribution in [3.8, 4) is 0 Å². The van der Waals surface area contributed by atoms with Gasteiger partial charge in [0.25, 0.3) is 0 Å². The van der Waals surface area contributed by atoms with Crippen LogP contribution in [0.15, 0.2) is 60.9 Å². The molecule has 0 aliphatic heterocycles. The van der Waals surface area contributed by atoms with Crippen molar-refractivity contribution < 1.29 is 27.8 Å². The molecule has 0 aliphatic rings. The largest absolute Gasteiger partial charge is 0.465 e. The monoisotopic (exact) mass is 483 g/mol. The molecular formula is C26H27F2N3O4. The van der Waals surface area contributed by atoms with Crippen molar-refractivity contribution in [1.82, 2.24) is 9.97 Å². The number of halogens is 2. The molecular weight excluding hydrogens is 456 g/mol. The first kappa shape index (κ1) is 25.7. The highest BCUT2D eigenvalue weighted by atomic mass is 19.1. The molecule has 35 heavy (non-hydrogen) atoms. The van der Waals surface area contributed by atoms with Gasteiger partial charge in [0.1, 0.15) is 29.5 Å². The summed E-state index contributed by atoms with van der Waals surface area (Å²) in [5, 5.41) is 2.75. The zero-order valence-electron chi connectivity index (χ0n) is 19.6. The molecule has 7 nitrogen and oxygen atoms in total. The van der Waals surface area contributed by atoms with Gasteiger partial charge in [0.05, 0.1) is 24.2 Å². The van der Waals surface area contributed by atoms with Crippen LogP contribution in [0.1, 0.15) is 44.4 Å². The third kappa shape index (κ3) is 6.59. The number of aromatic nitrogens is 2. The Labute approximate surface area is 202 Å². The summed E-state index contributed by atoms with van der Waals surface area (Å²) in [7, 11) is 0. The number of carbonyl (C=O) groups is 2. The molecule has 3 aromatic rings. The Bertz CT molecular complexity index is 1160. The smallest absolute Gasteiger partial charge is 0.318 e. The molecule has 1 atom stereocenters. The van der Waals surface area contributed by atoms with Crippen molar-refractivity contribution in [2.45, 2.75) is 45.1 Å². The SMILES string of the molecule is CCOC(=O)[C@@](CC)(CCC(=O)OCc1ccccc1)c1cncc(Nc2ccc(F)cc2F)n1. The van der Waals surface area contributed by atoms with Crippen LogP contribution in [0.4, 0.5) is 20.3 Å². The van der Waals surface area contributed by atoms with Crippen molar-refractivity contribution in [1.29, 1.82) is 0 Å². The van der Waals surface area contributed by atoms with Crippen LogP contribution in [0.2, 0.25) is 0 Å². The molecule has 3 rings (SSSR count). The molecule has 2 aromatic carbocycles. The van der Waals surface area contributed by atoms with E-state index in [4.69, 9.17) is 9.47 Å². The predicted molar refractivity (Wildman–Crippen MR) is 126 cm³/mol. The lowest BCUT2D eigenvalue weighted by Gasteiger charge is -2.29. The molecule has 0 radical (unpaired) electrons. The molecule has 0 spiro atoms. The molecule has 9 heteroatoms. The molecule has 184 valence electrons. The van der Waals surface area contributed by atoms with Crippen LogP contribution < -0.4 is 5.32 Å². The fourth-order valence-corrected chi connectivity index (χ4v) is 3.62. The van der Waals surface area contributed by atoms with Gasteiger partial charge in [-0.1, -0.05) is 37.3 Å². The van der Waals surface area contributed by atoms with E-state index in [2.05, 4.69) is 15.3 Å². The number of nitrogens with one attached hydrogen (secondary N) is 1. The summed E-state index contributed by atoms with van der Waals surface area (Å²) in [6, 6.07) is 12.4. The highest BCUT2D eigenvalue weighted by molar-refractivity contribution is 5.83. The number of rotatable bonds is 11. The molecule has 0 unspecified atom stereocenters. The van der Waals surface area contributed by atoms with Gasteiger partial charge in [-0.05, 0) is 37.5 Å². The lowest BCUT2D eigenvalue weighted by Crippen LogP contribution is -2.39. The van der Waals surface area contributed by atoms with E-state index < -0.39 is 29.0 Å². The number of anilines is 2. The Hall–Kier alpha value is -3.88. The van der Waals surface area contributed by atoms with Gasteiger partial charge >= 0.3 is 11.9 Å². The van der Waals surface area contributed by atoms with Crippen molar-refractivity contribution in [2.24, 2.45) is 0 Å². The molecule has 0 saturated heterocycles. The van der Waals surface area contributed by atoms with E-state index in [9.17, 15) is 18.4 Å². The van der Waals surface area contributed by atoms with E-state index in [0.717, 1.165) is 17.7 Å². The molecule has 1 N–H and O–H groups in total. The van der Waals surface area contributed by atoms with Crippen LogP contribution in [0.5, 0.6) is 0 Å². The third-order valence-electron chi connectivity index (χ3n) is 5.59. The van der Waals surface area contributed by atoms with E-state index in [1.54, 1.807) is 13.8 Å². The van der Waals surface area contributed by atoms with E-state index in [1.807, 2.05) is 30.3 Å². The number of carbonyl (C=O) groups excluding carboxylic acids is 2. The topological polar surface area (TPSA) is 90.4 Å². The highest BCUT2D eigenvalue weighted by Gasteiger charge is 2.42. The molecule has 1 heterocycles. The first-order chi connectivity index (χ1) is 16.9. The van der Waals surface area contributed by atoms with Gasteiger partial charge in [0.2, 0.25) is 0 Å². The lowest BCUT2D eigenvalue weighted by atomic mass is 9.77. The van der Waals surface area contributed by atoms with Gasteiger partial charge in [-0.15, -0.1) is 0 Å². The summed E-state index contributed by atoms with van der Waals surface area (Å²) < 4.78 is 38.0. The molecule has 0 fully saturated rings. The van der Waals surface area contributed by atoms with Crippen LogP contribution in [0.25, 0.3) is 0 Å². The van der Waals surface area contributed by atoms with Gasteiger partial charge in [-0.2, -0.15) is 0 Å². The molecule has 1 aromatic heterocycles. The Balaban J connectivity index is 1.81. The summed E-state index contributed by atoms with van der Waals surface area (Å²) in [5.41, 5.74) is -0.151. The summed E-state index contributed by atoms with van der Waals surface area (Å²) in [4.78, 5) is 34.2. The minimum absolute atomic E-state index is 0.000530. The normalized spacial score (nSPS) is 12.5. The molecule has 0 aliphatic carbocycles. The van der Waals surface area contributed by atoms with Crippen LogP contribution >= 0.6 is 0 Å². The van der Waals surface area contributed by atoms with E-state index in [1.165, 1.54) is 18.5 Å². The average molecular weight is 484 g/mol. The van der Waals surface area contributed by atoms with Gasteiger partial charge < -0.3 is 14.8 Å². The number of benzene rings is 2. The zero-order valence-corrected chi connectivity index (χ0v) is 19.6. The van der Waals surface area contributed by atoms with Crippen LogP contribution in [0.3, 0.4) is 0 Å². The van der Waals surface area contributed by atoms with Gasteiger partial charge in [-0.25, -0.2) is 13.8 Å². The molecule has 0 bridgehead atoms. The van der Waals surface area contributed by atoms with E-state index >= 15 is 0 Å². The third-order valence-corrected chi connectivity index (χ3v) is 5.59. The van der Waals surface area contributed by atoms with Crippen molar-refractivity contribution in [3.63, 3.8) is 0 Å². The fraction of sp³-hybridized carbons (Fsp3) is 0.308. The maximum absolute atomic E-state index is 14.1. The highest BCUT2D eigenvalue weighted by Crippen LogP contribution is 2.34. The minimum atomic E-state index is -1.27. The second kappa shape index (κ2) is 12.0. The fourth-order valence-electron chi connectivity index (χ4n) is 3.62. The first-order valence-electron chi connectivity index (χ1n) is 11.3. The number of nitrogens with zero attached hydrogens (tertiary/aromatic N) is 2. The Morgan fingerprint density at radius 2 is 1.80 bits per heavy atom. The second-order valence-corrected chi connectivity index (χ2v) is 7.84. The van der Waals surface area contributed by atoms with Crippen LogP contribution in [-0.4, -0.2) is 28.5 Å². The number of hydrogen-bond acceptors (Lipinski definition) is 7. The summed E-state index contributed by atoms with van der Waals surface area (Å²) in [6.07, 6.45) is 3.08. The molecule has 0 saturated carbocycles. The molecule has 0 amide bonds. The maximum atomic E-state index is 14.1. The summed E-state index contributed by atoms with van der Waals surface area (Å²) in [6.45, 7) is 3.74. The number of hydrogen-bond donors (Lipinski definition) is 1. The van der Waals surface area contributed by atoms with Gasteiger partial charge in [0, 0.05) is 18.7 Å². The van der Waals surface area contributed by atoms with Crippen LogP contribution in [-0.2, 0) is 31.1 Å². The average Bonchev–Trinajstić information content (AvgIpc) is 2.86. The lowest BCUT2D eigenvalue weighted by molar-refractivity contribution is -0.152. The van der Waals surface area contributed by atoms with E-state index in [0.29, 0.717) is 0 Å². The van der Waals surface area contributed by atoms with Gasteiger partial charge in [-0.3, -0.25) is 14.6 Å². The standard InChI is InChI=1S/C26H27F2N3O4/c1-3-26(25(33)34-4-2,13-12-24(32)35-17-18-8-6-5-7-9-18)22-15-29-16-23(31-22)30-21-11-10-19(27)14-20(21)28/h5-11,14-16H,3-4,12-13,17H2,1-2H3,(H,30,31)/t26-/m0/s1. The summed E-state index contributed by atoms with van der Waals surface area (Å²) in [5.74, 6) is -2.36. The van der Waals surface area contributed by atoms with Crippen molar-refractivity contribution >= 4 is 23.4 Å². The minimum Gasteiger partial charge on any atom is -0.465 e. The zero-order chi connectivity index (χ0) is 25.3. The Kier molecular flexibility index (Phi) is 8.83. The van der Waals surface area contributed by atoms with Crippen molar-refractivity contribution in [2.75, 3.05) is 11.9 Å². The first-order valence-corrected chi connectivity index (χ1v) is 11.3. The Morgan fingerprint density at radius 3 is 2.49 bits per heavy atom. The maximum Gasteiger partial charge on any atom is 0.318 e. The van der Waals surface area contributed by atoms with E-state index in [-0.39, 0.29) is 49.7 Å². The second-order valence-electron chi connectivity index (χ2n) is 7.84. The predicted octanol–water partition coefficient (Wildman–Crippen LogP) is 5.23. The number of esters is 2. The number of ether oxygens (including phenoxy) is 2. The van der Waals surface area contributed by atoms with Crippen LogP contribution in [0, 0.1) is 11.6 Å². The van der Waals surface area contributed by atoms with Gasteiger partial charge in [0.15, 0.2) is 0 Å².